The molecular formula is C23H21F2N5O3S. The molecule has 5 rings (SSSR count). The molecule has 0 radical (unpaired) electrons. The zero-order valence-corrected chi connectivity index (χ0v) is 19.4. The third-order valence-corrected chi connectivity index (χ3v) is 6.67. The number of carbonyl (C=O) groups is 1. The van der Waals surface area contributed by atoms with Gasteiger partial charge in [0, 0.05) is 35.9 Å². The lowest BCUT2D eigenvalue weighted by Crippen LogP contribution is -2.41. The predicted octanol–water partition coefficient (Wildman–Crippen LogP) is 2.91. The minimum absolute atomic E-state index is 0.0529. The first kappa shape index (κ1) is 22.4. The van der Waals surface area contributed by atoms with Crippen LogP contribution in [0, 0.1) is 25.5 Å². The molecule has 0 spiro atoms. The van der Waals surface area contributed by atoms with E-state index in [-0.39, 0.29) is 29.1 Å². The number of morpholine rings is 1. The lowest BCUT2D eigenvalue weighted by Gasteiger charge is -2.26. The Balaban J connectivity index is 1.57. The summed E-state index contributed by atoms with van der Waals surface area (Å²) in [5.41, 5.74) is 1.65. The van der Waals surface area contributed by atoms with E-state index in [1.807, 2.05) is 0 Å². The second kappa shape index (κ2) is 8.73. The molecule has 1 amide bonds. The van der Waals surface area contributed by atoms with Crippen LogP contribution >= 0.6 is 11.3 Å². The molecule has 4 heterocycles. The average molecular weight is 486 g/mol. The number of hydrogen-bond acceptors (Lipinski definition) is 6. The molecule has 0 saturated carbocycles. The number of ether oxygens (including phenoxy) is 1. The molecule has 4 aromatic rings. The lowest BCUT2D eigenvalue weighted by molar-refractivity contribution is -0.134. The van der Waals surface area contributed by atoms with E-state index in [1.54, 1.807) is 30.2 Å². The SMILES string of the molecule is Cc1nc2scc(CC(=O)N3CCOCC3)n2c(=O)c1-c1cc(C)n(-c2cc(F)ccc2F)n1. The number of benzene rings is 1. The van der Waals surface area contributed by atoms with Crippen LogP contribution in [-0.4, -0.2) is 56.3 Å². The molecule has 0 unspecified atom stereocenters. The molecular weight excluding hydrogens is 464 g/mol. The Kier molecular flexibility index (Phi) is 5.74. The van der Waals surface area contributed by atoms with E-state index in [0.29, 0.717) is 54.0 Å². The predicted molar refractivity (Wildman–Crippen MR) is 122 cm³/mol. The Hall–Kier alpha value is -3.44. The number of rotatable bonds is 4. The highest BCUT2D eigenvalue weighted by Gasteiger charge is 2.23. The number of aryl methyl sites for hydroxylation is 2. The summed E-state index contributed by atoms with van der Waals surface area (Å²) in [4.78, 5) is 33.1. The van der Waals surface area contributed by atoms with E-state index in [1.165, 1.54) is 20.4 Å². The summed E-state index contributed by atoms with van der Waals surface area (Å²) in [6, 6.07) is 4.74. The van der Waals surface area contributed by atoms with E-state index in [2.05, 4.69) is 10.1 Å². The highest BCUT2D eigenvalue weighted by molar-refractivity contribution is 7.15. The number of amides is 1. The molecule has 1 saturated heterocycles. The first-order chi connectivity index (χ1) is 16.3. The summed E-state index contributed by atoms with van der Waals surface area (Å²) in [6.45, 7) is 5.42. The van der Waals surface area contributed by atoms with Gasteiger partial charge in [0.1, 0.15) is 23.0 Å². The topological polar surface area (TPSA) is 81.7 Å². The standard InChI is InChI=1S/C23H21F2N5O3S/c1-13-9-18(27-30(13)19-10-15(24)3-4-17(19)25)21-14(2)26-23-29(22(21)32)16(12-34-23)11-20(31)28-5-7-33-8-6-28/h3-4,9-10,12H,5-8,11H2,1-2H3. The van der Waals surface area contributed by atoms with Gasteiger partial charge in [0.2, 0.25) is 5.91 Å². The molecule has 0 bridgehead atoms. The van der Waals surface area contributed by atoms with Crippen molar-refractivity contribution in [2.24, 2.45) is 0 Å². The lowest BCUT2D eigenvalue weighted by atomic mass is 10.1. The second-order valence-corrected chi connectivity index (χ2v) is 8.91. The third kappa shape index (κ3) is 3.90. The number of nitrogens with zero attached hydrogens (tertiary/aromatic N) is 5. The van der Waals surface area contributed by atoms with E-state index in [0.717, 1.165) is 18.2 Å². The highest BCUT2D eigenvalue weighted by atomic mass is 32.1. The molecule has 1 fully saturated rings. The van der Waals surface area contributed by atoms with Crippen molar-refractivity contribution in [1.29, 1.82) is 0 Å². The van der Waals surface area contributed by atoms with Gasteiger partial charge in [-0.3, -0.25) is 14.0 Å². The van der Waals surface area contributed by atoms with Crippen molar-refractivity contribution < 1.29 is 18.3 Å². The van der Waals surface area contributed by atoms with Crippen LogP contribution in [0.1, 0.15) is 17.1 Å². The second-order valence-electron chi connectivity index (χ2n) is 8.07. The molecule has 0 atom stereocenters. The van der Waals surface area contributed by atoms with Crippen LogP contribution in [-0.2, 0) is 16.0 Å². The molecule has 0 aliphatic carbocycles. The van der Waals surface area contributed by atoms with E-state index < -0.39 is 11.6 Å². The average Bonchev–Trinajstić information content (AvgIpc) is 3.39. The summed E-state index contributed by atoms with van der Waals surface area (Å²) in [5.74, 6) is -1.32. The fourth-order valence-corrected chi connectivity index (χ4v) is 5.02. The number of hydrogen-bond donors (Lipinski definition) is 0. The number of thiazole rings is 1. The van der Waals surface area contributed by atoms with Crippen molar-refractivity contribution in [3.63, 3.8) is 0 Å². The van der Waals surface area contributed by atoms with Crippen molar-refractivity contribution in [3.8, 4) is 16.9 Å². The Morgan fingerprint density at radius 2 is 1.94 bits per heavy atom. The summed E-state index contributed by atoms with van der Waals surface area (Å²) >= 11 is 1.28. The Bertz CT molecular complexity index is 1470. The maximum absolute atomic E-state index is 14.4. The van der Waals surface area contributed by atoms with E-state index in [4.69, 9.17) is 4.74 Å². The van der Waals surface area contributed by atoms with Crippen LogP contribution in [0.3, 0.4) is 0 Å². The van der Waals surface area contributed by atoms with Gasteiger partial charge in [0.05, 0.1) is 30.9 Å². The zero-order valence-electron chi connectivity index (χ0n) is 18.5. The maximum atomic E-state index is 14.4. The van der Waals surface area contributed by atoms with Crippen LogP contribution in [0.5, 0.6) is 0 Å². The summed E-state index contributed by atoms with van der Waals surface area (Å²) < 4.78 is 36.1. The fraction of sp³-hybridized carbons (Fsp3) is 0.304. The molecule has 11 heteroatoms. The van der Waals surface area contributed by atoms with Crippen LogP contribution in [0.15, 0.2) is 34.4 Å². The molecule has 176 valence electrons. The van der Waals surface area contributed by atoms with Crippen molar-refractivity contribution in [2.45, 2.75) is 20.3 Å². The molecule has 8 nitrogen and oxygen atoms in total. The Morgan fingerprint density at radius 3 is 2.71 bits per heavy atom. The van der Waals surface area contributed by atoms with Gasteiger partial charge in [0.15, 0.2) is 4.96 Å². The summed E-state index contributed by atoms with van der Waals surface area (Å²) in [6.07, 6.45) is 0.0616. The van der Waals surface area contributed by atoms with Gasteiger partial charge in [-0.1, -0.05) is 0 Å². The van der Waals surface area contributed by atoms with Crippen LogP contribution < -0.4 is 5.56 Å². The van der Waals surface area contributed by atoms with Crippen LogP contribution in [0.2, 0.25) is 0 Å². The number of halogens is 2. The summed E-state index contributed by atoms with van der Waals surface area (Å²) in [7, 11) is 0. The first-order valence-corrected chi connectivity index (χ1v) is 11.6. The number of fused-ring (bicyclic) bond motifs is 1. The molecule has 3 aromatic heterocycles. The number of carbonyl (C=O) groups excluding carboxylic acids is 1. The highest BCUT2D eigenvalue weighted by Crippen LogP contribution is 2.25. The van der Waals surface area contributed by atoms with Gasteiger partial charge in [0.25, 0.3) is 5.56 Å². The van der Waals surface area contributed by atoms with E-state index in [9.17, 15) is 18.4 Å². The minimum Gasteiger partial charge on any atom is -0.378 e. The molecule has 1 aliphatic heterocycles. The largest absolute Gasteiger partial charge is 0.378 e. The van der Waals surface area contributed by atoms with Crippen molar-refractivity contribution in [1.82, 2.24) is 24.1 Å². The Morgan fingerprint density at radius 1 is 1.18 bits per heavy atom. The number of aromatic nitrogens is 4. The molecule has 1 aromatic carbocycles. The monoisotopic (exact) mass is 485 g/mol. The Labute approximate surface area is 197 Å². The molecule has 34 heavy (non-hydrogen) atoms. The van der Waals surface area contributed by atoms with Crippen LogP contribution in [0.25, 0.3) is 21.9 Å². The summed E-state index contributed by atoms with van der Waals surface area (Å²) in [5, 5.41) is 6.16. The van der Waals surface area contributed by atoms with Gasteiger partial charge < -0.3 is 9.64 Å². The zero-order chi connectivity index (χ0) is 24.0. The van der Waals surface area contributed by atoms with Gasteiger partial charge >= 0.3 is 0 Å². The van der Waals surface area contributed by atoms with Crippen LogP contribution in [0.4, 0.5) is 8.78 Å². The van der Waals surface area contributed by atoms with Crippen molar-refractivity contribution >= 4 is 22.2 Å². The third-order valence-electron chi connectivity index (χ3n) is 5.80. The van der Waals surface area contributed by atoms with Gasteiger partial charge in [-0.25, -0.2) is 18.4 Å². The van der Waals surface area contributed by atoms with E-state index >= 15 is 0 Å². The normalized spacial score (nSPS) is 14.2. The smallest absolute Gasteiger partial charge is 0.268 e. The quantitative estimate of drug-likeness (QED) is 0.444. The molecule has 1 aliphatic rings. The first-order valence-electron chi connectivity index (χ1n) is 10.7. The molecule has 0 N–H and O–H groups in total. The maximum Gasteiger partial charge on any atom is 0.268 e. The van der Waals surface area contributed by atoms with Gasteiger partial charge in [-0.2, -0.15) is 5.10 Å². The van der Waals surface area contributed by atoms with Crippen molar-refractivity contribution in [2.75, 3.05) is 26.3 Å². The van der Waals surface area contributed by atoms with Gasteiger partial charge in [-0.05, 0) is 32.0 Å². The fourth-order valence-electron chi connectivity index (χ4n) is 4.09. The van der Waals surface area contributed by atoms with Crippen molar-refractivity contribution in [3.05, 3.63) is 68.7 Å². The van der Waals surface area contributed by atoms with Gasteiger partial charge in [-0.15, -0.1) is 11.3 Å². The minimum atomic E-state index is -0.636.